The van der Waals surface area contributed by atoms with Crippen LogP contribution in [0.15, 0.2) is 16.6 Å². The molecule has 0 aliphatic carbocycles. The zero-order chi connectivity index (χ0) is 10.2. The van der Waals surface area contributed by atoms with Gasteiger partial charge >= 0.3 is 6.18 Å². The molecule has 0 heterocycles. The van der Waals surface area contributed by atoms with Crippen LogP contribution < -0.4 is 0 Å². The number of hydrogen-bond donors (Lipinski definition) is 0. The first-order valence-electron chi connectivity index (χ1n) is 3.04. The molecule has 0 saturated heterocycles. The van der Waals surface area contributed by atoms with Gasteiger partial charge in [0.15, 0.2) is 0 Å². The fourth-order valence-electron chi connectivity index (χ4n) is 0.762. The van der Waals surface area contributed by atoms with Gasteiger partial charge in [-0.25, -0.2) is 8.78 Å². The van der Waals surface area contributed by atoms with Gasteiger partial charge < -0.3 is 0 Å². The summed E-state index contributed by atoms with van der Waals surface area (Å²) in [7, 11) is 0. The van der Waals surface area contributed by atoms with E-state index < -0.39 is 27.8 Å². The third-order valence-electron chi connectivity index (χ3n) is 1.30. The molecule has 13 heavy (non-hydrogen) atoms. The molecule has 0 unspecified atom stereocenters. The van der Waals surface area contributed by atoms with Crippen molar-refractivity contribution < 1.29 is 22.0 Å². The maximum absolute atomic E-state index is 12.7. The second-order valence-corrected chi connectivity index (χ2v) is 3.10. The van der Waals surface area contributed by atoms with Crippen molar-refractivity contribution in [2.75, 3.05) is 0 Å². The van der Waals surface area contributed by atoms with E-state index in [1.54, 1.807) is 0 Å². The summed E-state index contributed by atoms with van der Waals surface area (Å²) in [5, 5.41) is 0. The lowest BCUT2D eigenvalue weighted by molar-refractivity contribution is -0.140. The van der Waals surface area contributed by atoms with Crippen molar-refractivity contribution in [1.29, 1.82) is 0 Å². The number of rotatable bonds is 0. The molecule has 0 amide bonds. The van der Waals surface area contributed by atoms with Gasteiger partial charge in [-0.2, -0.15) is 13.2 Å². The first-order valence-corrected chi connectivity index (χ1v) is 3.83. The Labute approximate surface area is 78.5 Å². The zero-order valence-electron chi connectivity index (χ0n) is 5.92. The van der Waals surface area contributed by atoms with E-state index in [-0.39, 0.29) is 6.07 Å². The largest absolute Gasteiger partial charge is 0.419 e. The molecule has 0 radical (unpaired) electrons. The minimum Gasteiger partial charge on any atom is -0.207 e. The molecular weight excluding hydrogens is 259 g/mol. The molecule has 0 bridgehead atoms. The van der Waals surface area contributed by atoms with Crippen LogP contribution in [-0.2, 0) is 6.18 Å². The van der Waals surface area contributed by atoms with Crippen LogP contribution in [0.3, 0.4) is 0 Å². The molecule has 0 saturated carbocycles. The van der Waals surface area contributed by atoms with Crippen LogP contribution in [0.25, 0.3) is 0 Å². The molecule has 0 fully saturated rings. The Morgan fingerprint density at radius 2 is 1.62 bits per heavy atom. The molecule has 0 spiro atoms. The standard InChI is InChI=1S/C7H2BrF5/c8-5-2-3(9)1-4(6(5)10)7(11,12)13/h1-2H. The minimum atomic E-state index is -4.88. The maximum Gasteiger partial charge on any atom is 0.419 e. The molecule has 0 atom stereocenters. The molecular formula is C7H2BrF5. The number of hydrogen-bond acceptors (Lipinski definition) is 0. The number of halogens is 6. The van der Waals surface area contributed by atoms with E-state index in [0.29, 0.717) is 6.07 Å². The van der Waals surface area contributed by atoms with Crippen molar-refractivity contribution in [1.82, 2.24) is 0 Å². The van der Waals surface area contributed by atoms with Gasteiger partial charge in [-0.3, -0.25) is 0 Å². The second kappa shape index (κ2) is 3.25. The highest BCUT2D eigenvalue weighted by Gasteiger charge is 2.35. The van der Waals surface area contributed by atoms with Gasteiger partial charge in [-0.15, -0.1) is 0 Å². The molecule has 6 heteroatoms. The van der Waals surface area contributed by atoms with Gasteiger partial charge in [0.1, 0.15) is 11.6 Å². The smallest absolute Gasteiger partial charge is 0.207 e. The van der Waals surface area contributed by atoms with E-state index in [1.807, 2.05) is 0 Å². The highest BCUT2D eigenvalue weighted by molar-refractivity contribution is 9.10. The molecule has 1 aromatic rings. The number of benzene rings is 1. The van der Waals surface area contributed by atoms with Crippen molar-refractivity contribution in [2.45, 2.75) is 6.18 Å². The summed E-state index contributed by atoms with van der Waals surface area (Å²) in [6.07, 6.45) is -4.88. The van der Waals surface area contributed by atoms with Crippen molar-refractivity contribution in [3.05, 3.63) is 33.8 Å². The van der Waals surface area contributed by atoms with E-state index in [2.05, 4.69) is 15.9 Å². The zero-order valence-corrected chi connectivity index (χ0v) is 7.51. The Morgan fingerprint density at radius 1 is 1.08 bits per heavy atom. The van der Waals surface area contributed by atoms with E-state index in [4.69, 9.17) is 0 Å². The summed E-state index contributed by atoms with van der Waals surface area (Å²) in [6.45, 7) is 0. The quantitative estimate of drug-likeness (QED) is 0.493. The summed E-state index contributed by atoms with van der Waals surface area (Å²) in [6, 6.07) is 0.741. The predicted molar refractivity (Wildman–Crippen MR) is 39.1 cm³/mol. The first kappa shape index (κ1) is 10.4. The summed E-state index contributed by atoms with van der Waals surface area (Å²) in [4.78, 5) is 0. The Morgan fingerprint density at radius 3 is 2.08 bits per heavy atom. The Bertz CT molecular complexity index is 330. The third kappa shape index (κ3) is 2.18. The van der Waals surface area contributed by atoms with Gasteiger partial charge in [0.2, 0.25) is 0 Å². The molecule has 0 N–H and O–H groups in total. The summed E-state index contributed by atoms with van der Waals surface area (Å²) in [5.41, 5.74) is -1.61. The van der Waals surface area contributed by atoms with Crippen molar-refractivity contribution in [3.63, 3.8) is 0 Å². The van der Waals surface area contributed by atoms with Crippen LogP contribution in [0.4, 0.5) is 22.0 Å². The average Bonchev–Trinajstić information content (AvgIpc) is 1.94. The Hall–Kier alpha value is -0.650. The second-order valence-electron chi connectivity index (χ2n) is 2.25. The van der Waals surface area contributed by atoms with E-state index >= 15 is 0 Å². The lowest BCUT2D eigenvalue weighted by atomic mass is 10.2. The van der Waals surface area contributed by atoms with E-state index in [0.717, 1.165) is 0 Å². The van der Waals surface area contributed by atoms with Crippen molar-refractivity contribution >= 4 is 15.9 Å². The van der Waals surface area contributed by atoms with Gasteiger partial charge in [0.05, 0.1) is 10.0 Å². The minimum absolute atomic E-state index is 0.111. The SMILES string of the molecule is Fc1cc(Br)c(F)c(C(F)(F)F)c1. The lowest BCUT2D eigenvalue weighted by Crippen LogP contribution is -2.09. The molecule has 0 nitrogen and oxygen atoms in total. The normalized spacial score (nSPS) is 11.8. The van der Waals surface area contributed by atoms with Crippen LogP contribution in [-0.4, -0.2) is 0 Å². The summed E-state index contributed by atoms with van der Waals surface area (Å²) < 4.78 is 60.6. The fourth-order valence-corrected chi connectivity index (χ4v) is 1.19. The van der Waals surface area contributed by atoms with Crippen molar-refractivity contribution in [2.24, 2.45) is 0 Å². The van der Waals surface area contributed by atoms with Crippen molar-refractivity contribution in [3.8, 4) is 0 Å². The summed E-state index contributed by atoms with van der Waals surface area (Å²) in [5.74, 6) is -2.64. The van der Waals surface area contributed by atoms with Crippen LogP contribution in [0.2, 0.25) is 0 Å². The fraction of sp³-hybridized carbons (Fsp3) is 0.143. The van der Waals surface area contributed by atoms with Crippen LogP contribution in [0.5, 0.6) is 0 Å². The monoisotopic (exact) mass is 260 g/mol. The Balaban J connectivity index is 3.37. The molecule has 0 aliphatic rings. The van der Waals surface area contributed by atoms with E-state index in [9.17, 15) is 22.0 Å². The molecule has 72 valence electrons. The van der Waals surface area contributed by atoms with E-state index in [1.165, 1.54) is 0 Å². The van der Waals surface area contributed by atoms with Gasteiger partial charge in [-0.1, -0.05) is 0 Å². The lowest BCUT2D eigenvalue weighted by Gasteiger charge is -2.08. The number of alkyl halides is 3. The summed E-state index contributed by atoms with van der Waals surface area (Å²) >= 11 is 2.47. The molecule has 1 aromatic carbocycles. The highest BCUT2D eigenvalue weighted by Crippen LogP contribution is 2.34. The van der Waals surface area contributed by atoms with Crippen LogP contribution in [0.1, 0.15) is 5.56 Å². The van der Waals surface area contributed by atoms with Gasteiger partial charge in [-0.05, 0) is 28.1 Å². The van der Waals surface area contributed by atoms with Crippen LogP contribution >= 0.6 is 15.9 Å². The third-order valence-corrected chi connectivity index (χ3v) is 1.88. The molecule has 1 rings (SSSR count). The average molecular weight is 261 g/mol. The van der Waals surface area contributed by atoms with Gasteiger partial charge in [0, 0.05) is 0 Å². The highest BCUT2D eigenvalue weighted by atomic mass is 79.9. The topological polar surface area (TPSA) is 0 Å². The predicted octanol–water partition coefficient (Wildman–Crippen LogP) is 3.75. The maximum atomic E-state index is 12.7. The molecule has 0 aromatic heterocycles. The Kier molecular flexibility index (Phi) is 2.61. The van der Waals surface area contributed by atoms with Gasteiger partial charge in [0.25, 0.3) is 0 Å². The molecule has 0 aliphatic heterocycles. The van der Waals surface area contributed by atoms with Crippen LogP contribution in [0, 0.1) is 11.6 Å². The first-order chi connectivity index (χ1) is 5.82.